The third-order valence-corrected chi connectivity index (χ3v) is 4.51. The second-order valence-corrected chi connectivity index (χ2v) is 6.56. The number of nitrogens with two attached hydrogens (primary N) is 1. The summed E-state index contributed by atoms with van der Waals surface area (Å²) in [5.41, 5.74) is 9.74. The fourth-order valence-electron chi connectivity index (χ4n) is 3.04. The van der Waals surface area contributed by atoms with Crippen molar-refractivity contribution in [3.05, 3.63) is 84.4 Å². The summed E-state index contributed by atoms with van der Waals surface area (Å²) in [5.74, 6) is -0.0195. The van der Waals surface area contributed by atoms with Crippen molar-refractivity contribution < 1.29 is 5.11 Å². The van der Waals surface area contributed by atoms with Gasteiger partial charge in [-0.25, -0.2) is 0 Å². The van der Waals surface area contributed by atoms with Gasteiger partial charge in [0.25, 0.3) is 0 Å². The Bertz CT molecular complexity index is 1220. The lowest BCUT2D eigenvalue weighted by Crippen LogP contribution is -1.90. The number of azo groups is 2. The second-order valence-electron chi connectivity index (χ2n) is 6.56. The summed E-state index contributed by atoms with van der Waals surface area (Å²) in [5, 5.41) is 29.1. The summed E-state index contributed by atoms with van der Waals surface area (Å²) in [6.45, 7) is 1.87. The first kappa shape index (κ1) is 18.3. The number of phenols is 1. The second kappa shape index (κ2) is 7.90. The van der Waals surface area contributed by atoms with Crippen molar-refractivity contribution in [3.8, 4) is 5.75 Å². The Kier molecular flexibility index (Phi) is 4.99. The minimum atomic E-state index is -0.0195. The van der Waals surface area contributed by atoms with E-state index in [1.54, 1.807) is 6.07 Å². The molecule has 0 atom stereocenters. The van der Waals surface area contributed by atoms with Crippen LogP contribution in [0.15, 0.2) is 99.3 Å². The number of phenolic OH excluding ortho intramolecular Hbond substituents is 1. The lowest BCUT2D eigenvalue weighted by Gasteiger charge is -2.11. The highest BCUT2D eigenvalue weighted by Crippen LogP contribution is 2.44. The van der Waals surface area contributed by atoms with Crippen LogP contribution in [-0.4, -0.2) is 5.11 Å². The van der Waals surface area contributed by atoms with Crippen molar-refractivity contribution in [1.29, 1.82) is 0 Å². The smallest absolute Gasteiger partial charge is 0.153 e. The Morgan fingerprint density at radius 2 is 1.31 bits per heavy atom. The Morgan fingerprint density at radius 3 is 1.93 bits per heavy atom. The van der Waals surface area contributed by atoms with Crippen LogP contribution in [0.25, 0.3) is 10.8 Å². The van der Waals surface area contributed by atoms with Crippen LogP contribution in [-0.2, 0) is 0 Å². The largest absolute Gasteiger partial charge is 0.505 e. The molecule has 6 heteroatoms. The lowest BCUT2D eigenvalue weighted by molar-refractivity contribution is 0.482. The van der Waals surface area contributed by atoms with Crippen molar-refractivity contribution in [3.63, 3.8) is 0 Å². The topological polar surface area (TPSA) is 95.7 Å². The molecule has 0 saturated heterocycles. The Balaban J connectivity index is 1.78. The molecule has 0 aliphatic rings. The first-order chi connectivity index (χ1) is 14.1. The Hall–Kier alpha value is -4.06. The van der Waals surface area contributed by atoms with E-state index in [1.165, 1.54) is 0 Å². The van der Waals surface area contributed by atoms with Gasteiger partial charge in [0.05, 0.1) is 22.4 Å². The van der Waals surface area contributed by atoms with Crippen LogP contribution in [0.3, 0.4) is 0 Å². The van der Waals surface area contributed by atoms with E-state index in [9.17, 15) is 5.11 Å². The van der Waals surface area contributed by atoms with Gasteiger partial charge in [0.1, 0.15) is 11.4 Å². The van der Waals surface area contributed by atoms with E-state index in [0.29, 0.717) is 28.1 Å². The molecule has 0 fully saturated rings. The highest BCUT2D eigenvalue weighted by Gasteiger charge is 2.15. The van der Waals surface area contributed by atoms with Crippen LogP contribution < -0.4 is 5.73 Å². The number of hydrogen-bond donors (Lipinski definition) is 2. The Labute approximate surface area is 168 Å². The maximum absolute atomic E-state index is 10.9. The van der Waals surface area contributed by atoms with E-state index in [1.807, 2.05) is 79.7 Å². The van der Waals surface area contributed by atoms with E-state index in [0.717, 1.165) is 16.6 Å². The summed E-state index contributed by atoms with van der Waals surface area (Å²) in [4.78, 5) is 0. The number of nitrogen functional groups attached to an aromatic ring is 1. The third-order valence-electron chi connectivity index (χ3n) is 4.51. The van der Waals surface area contributed by atoms with Crippen molar-refractivity contribution in [2.75, 3.05) is 5.73 Å². The molecule has 4 rings (SSSR count). The van der Waals surface area contributed by atoms with Crippen LogP contribution >= 0.6 is 0 Å². The first-order valence-electron chi connectivity index (χ1n) is 9.12. The van der Waals surface area contributed by atoms with E-state index in [4.69, 9.17) is 5.73 Å². The predicted molar refractivity (Wildman–Crippen MR) is 116 cm³/mol. The molecule has 0 unspecified atom stereocenters. The van der Waals surface area contributed by atoms with Crippen LogP contribution in [0.2, 0.25) is 0 Å². The molecule has 6 nitrogen and oxygen atoms in total. The van der Waals surface area contributed by atoms with E-state index in [-0.39, 0.29) is 5.75 Å². The van der Waals surface area contributed by atoms with Crippen molar-refractivity contribution in [2.45, 2.75) is 6.92 Å². The highest BCUT2D eigenvalue weighted by molar-refractivity contribution is 6.05. The Morgan fingerprint density at radius 1 is 0.724 bits per heavy atom. The number of anilines is 1. The van der Waals surface area contributed by atoms with Gasteiger partial charge in [-0.3, -0.25) is 0 Å². The average molecular weight is 381 g/mol. The molecule has 142 valence electrons. The van der Waals surface area contributed by atoms with Crippen LogP contribution in [0.1, 0.15) is 5.56 Å². The molecule has 0 aliphatic heterocycles. The van der Waals surface area contributed by atoms with Crippen molar-refractivity contribution >= 4 is 39.2 Å². The van der Waals surface area contributed by atoms with Crippen molar-refractivity contribution in [1.82, 2.24) is 0 Å². The zero-order valence-corrected chi connectivity index (χ0v) is 15.8. The van der Waals surface area contributed by atoms with Crippen molar-refractivity contribution in [2.24, 2.45) is 20.5 Å². The fraction of sp³-hybridized carbons (Fsp3) is 0.0435. The van der Waals surface area contributed by atoms with Gasteiger partial charge >= 0.3 is 0 Å². The highest BCUT2D eigenvalue weighted by atomic mass is 16.3. The summed E-state index contributed by atoms with van der Waals surface area (Å²) in [7, 11) is 0. The van der Waals surface area contributed by atoms with Gasteiger partial charge in [0, 0.05) is 0 Å². The molecule has 0 amide bonds. The maximum atomic E-state index is 10.9. The minimum Gasteiger partial charge on any atom is -0.505 e. The molecule has 4 aromatic carbocycles. The fourth-order valence-corrected chi connectivity index (χ4v) is 3.04. The quantitative estimate of drug-likeness (QED) is 0.287. The number of aromatic hydroxyl groups is 1. The SMILES string of the molecule is Cc1cc2ccc(N=Nc3ccccc3)c(N)c2c(O)c1N=Nc1ccccc1. The minimum absolute atomic E-state index is 0.0195. The first-order valence-corrected chi connectivity index (χ1v) is 9.12. The number of aryl methyl sites for hydroxylation is 1. The number of fused-ring (bicyclic) bond motifs is 1. The molecule has 0 spiro atoms. The monoisotopic (exact) mass is 381 g/mol. The zero-order chi connectivity index (χ0) is 20.2. The summed E-state index contributed by atoms with van der Waals surface area (Å²) in [6, 6.07) is 24.3. The molecule has 4 aromatic rings. The summed E-state index contributed by atoms with van der Waals surface area (Å²) >= 11 is 0. The molecular weight excluding hydrogens is 362 g/mol. The molecule has 0 aromatic heterocycles. The molecule has 0 heterocycles. The number of benzene rings is 4. The number of nitrogens with zero attached hydrogens (tertiary/aromatic N) is 4. The van der Waals surface area contributed by atoms with E-state index < -0.39 is 0 Å². The average Bonchev–Trinajstić information content (AvgIpc) is 2.74. The van der Waals surface area contributed by atoms with Gasteiger partial charge in [-0.15, -0.1) is 10.2 Å². The molecule has 0 saturated carbocycles. The van der Waals surface area contributed by atoms with Gasteiger partial charge in [-0.05, 0) is 54.3 Å². The van der Waals surface area contributed by atoms with Crippen LogP contribution in [0, 0.1) is 6.92 Å². The maximum Gasteiger partial charge on any atom is 0.153 e. The molecule has 0 bridgehead atoms. The van der Waals surface area contributed by atoms with E-state index >= 15 is 0 Å². The van der Waals surface area contributed by atoms with Gasteiger partial charge in [-0.2, -0.15) is 10.2 Å². The summed E-state index contributed by atoms with van der Waals surface area (Å²) in [6.07, 6.45) is 0. The van der Waals surface area contributed by atoms with Gasteiger partial charge in [0.15, 0.2) is 5.75 Å². The molecular formula is C23H19N5O. The molecule has 0 radical (unpaired) electrons. The lowest BCUT2D eigenvalue weighted by atomic mass is 10.0. The third kappa shape index (κ3) is 3.82. The van der Waals surface area contributed by atoms with Crippen LogP contribution in [0.5, 0.6) is 5.75 Å². The molecule has 29 heavy (non-hydrogen) atoms. The standard InChI is InChI=1S/C23H19N5O/c1-15-14-16-12-13-19(27-25-17-8-4-2-5-9-17)21(24)20(16)23(29)22(15)28-26-18-10-6-3-7-11-18/h2-14,29H,24H2,1H3. The number of hydrogen-bond acceptors (Lipinski definition) is 6. The van der Waals surface area contributed by atoms with Gasteiger partial charge in [0.2, 0.25) is 0 Å². The molecule has 0 aliphatic carbocycles. The van der Waals surface area contributed by atoms with Gasteiger partial charge < -0.3 is 10.8 Å². The van der Waals surface area contributed by atoms with Crippen LogP contribution in [0.4, 0.5) is 28.4 Å². The predicted octanol–water partition coefficient (Wildman–Crippen LogP) is 7.27. The normalized spacial score (nSPS) is 11.6. The summed E-state index contributed by atoms with van der Waals surface area (Å²) < 4.78 is 0. The zero-order valence-electron chi connectivity index (χ0n) is 15.8. The van der Waals surface area contributed by atoms with Gasteiger partial charge in [-0.1, -0.05) is 42.5 Å². The molecule has 3 N–H and O–H groups in total. The van der Waals surface area contributed by atoms with E-state index in [2.05, 4.69) is 20.5 Å². The number of rotatable bonds is 4.